The lowest BCUT2D eigenvalue weighted by Crippen LogP contribution is -2.31. The van der Waals surface area contributed by atoms with Crippen molar-refractivity contribution in [2.45, 2.75) is 303 Å². The van der Waals surface area contributed by atoms with Gasteiger partial charge in [0.05, 0.1) is 0 Å². The molecule has 3 atom stereocenters. The Morgan fingerprint density at radius 3 is 0.833 bits per heavy atom. The summed E-state index contributed by atoms with van der Waals surface area (Å²) in [5, 5.41) is 6.71. The number of rotatable bonds is 53. The molecule has 0 amide bonds. The third-order valence-electron chi connectivity index (χ3n) is 22.3. The summed E-state index contributed by atoms with van der Waals surface area (Å²) in [7, 11) is 0. The second-order valence-corrected chi connectivity index (χ2v) is 38.3. The van der Waals surface area contributed by atoms with Crippen LogP contribution in [-0.4, -0.2) is 114 Å². The molecule has 9 aromatic carbocycles. The molecule has 150 heavy (non-hydrogen) atoms. The first kappa shape index (κ1) is 139. The van der Waals surface area contributed by atoms with Crippen molar-refractivity contribution >= 4 is 87.3 Å². The Kier molecular flexibility index (Phi) is 79.2. The third-order valence-corrected chi connectivity index (χ3v) is 22.3. The van der Waals surface area contributed by atoms with Gasteiger partial charge in [0.2, 0.25) is 0 Å². The average molecular weight is 2060 g/mol. The summed E-state index contributed by atoms with van der Waals surface area (Å²) < 4.78 is 66.8. The zero-order valence-electron chi connectivity index (χ0n) is 92.5. The van der Waals surface area contributed by atoms with E-state index in [1.54, 1.807) is 93.6 Å². The lowest BCUT2D eigenvalue weighted by Gasteiger charge is -2.23. The third kappa shape index (κ3) is 78.1. The molecule has 9 aromatic rings. The molecule has 0 fully saturated rings. The summed E-state index contributed by atoms with van der Waals surface area (Å²) in [5.41, 5.74) is 11.7. The Hall–Kier alpha value is -13.2. The van der Waals surface area contributed by atoms with Crippen LogP contribution in [0.2, 0.25) is 0 Å². The molecule has 0 aliphatic rings. The molecule has 0 aliphatic carbocycles. The smallest absolute Gasteiger partial charge is 0.163 e. The van der Waals surface area contributed by atoms with Crippen LogP contribution < -0.4 is 15.4 Å². The van der Waals surface area contributed by atoms with E-state index in [9.17, 15) is 84.3 Å². The van der Waals surface area contributed by atoms with Crippen LogP contribution in [0.1, 0.15) is 369 Å². The number of aryl methyl sites for hydroxylation is 4. The molecule has 2 N–H and O–H groups in total. The summed E-state index contributed by atoms with van der Waals surface area (Å²) in [5.74, 6) is 1.37. The predicted molar refractivity (Wildman–Crippen MR) is 607 cm³/mol. The molecule has 0 aliphatic heterocycles. The van der Waals surface area contributed by atoms with Crippen molar-refractivity contribution in [2.75, 3.05) is 26.4 Å². The number of ketones is 13. The summed E-state index contributed by atoms with van der Waals surface area (Å²) in [4.78, 5) is 145. The second-order valence-electron chi connectivity index (χ2n) is 38.3. The van der Waals surface area contributed by atoms with Crippen molar-refractivity contribution in [1.29, 1.82) is 0 Å². The lowest BCUT2D eigenvalue weighted by molar-refractivity contribution is -0.117. The Balaban J connectivity index is 0. The maximum atomic E-state index is 12.6. The second kappa shape index (κ2) is 85.6. The minimum absolute atomic E-state index is 0.0135. The number of Topliss-reactive ketones (excluding diaryl/α,β-unsaturated/α-hetero) is 13. The van der Waals surface area contributed by atoms with Crippen molar-refractivity contribution in [3.8, 4) is 5.75 Å². The SMILES string of the molecule is C=CCCC(=O)c1ccc(OCC[18F])cc1.C=CCCCCCC(=O)c1ccc(C)cc1.C=CCCCCCC(=O)c1ccc([18F])cc1.C=Cc1ccc(C)cc1.C=Cc1ccc([18F])cc1.CC(=O)CCC(=O)c1ccc(C)cc1.CC(=O)CCC(=O)c1ccc([18F])cc1.CC(=O)CCCC(=O)c1ccc(C)cc1.CC(=O)CCCC(=O)c1ccc([18F])cc1.CC(=O)CCNC(C)CC(C)(C)C.CCC(C)CC(C)NCCC(C)=O. The first-order chi connectivity index (χ1) is 71.1. The first-order valence-electron chi connectivity index (χ1n) is 52.0. The first-order valence-corrected chi connectivity index (χ1v) is 52.0. The van der Waals surface area contributed by atoms with Crippen LogP contribution in [0.5, 0.6) is 5.75 Å². The largest absolute Gasteiger partial charge is 0.491 e. The van der Waals surface area contributed by atoms with Crippen LogP contribution in [0.4, 0.5) is 22.0 Å². The number of nitrogens with one attached hydrogen (secondary N) is 2. The molecule has 0 saturated heterocycles. The number of halogens is 5. The molecule has 3 unspecified atom stereocenters. The molecule has 21 heteroatoms. The number of hydrogen-bond acceptors (Lipinski definition) is 16. The van der Waals surface area contributed by atoms with Crippen LogP contribution in [0.3, 0.4) is 0 Å². The summed E-state index contributed by atoms with van der Waals surface area (Å²) in [6.45, 7) is 52.1. The molecule has 16 nitrogen and oxygen atoms in total. The number of unbranched alkanes of at least 4 members (excludes halogenated alkanes) is 6. The number of ether oxygens (including phenoxy) is 1. The highest BCUT2D eigenvalue weighted by Crippen LogP contribution is 2.22. The Labute approximate surface area is 893 Å². The zero-order valence-corrected chi connectivity index (χ0v) is 92.5. The summed E-state index contributed by atoms with van der Waals surface area (Å²) in [6.07, 6.45) is 28.7. The van der Waals surface area contributed by atoms with Gasteiger partial charge in [-0.05, 0) is 285 Å². The molecule has 0 heterocycles. The molecule has 0 radical (unpaired) electrons. The number of carbonyl (C=O) groups excluding carboxylic acids is 13. The fourth-order valence-corrected chi connectivity index (χ4v) is 13.5. The topological polar surface area (TPSA) is 255 Å². The fourth-order valence-electron chi connectivity index (χ4n) is 13.5. The fraction of sp³-hybridized carbons (Fsp3) is 0.403. The van der Waals surface area contributed by atoms with Gasteiger partial charge in [-0.1, -0.05) is 229 Å². The number of alkyl halides is 1. The highest BCUT2D eigenvalue weighted by molar-refractivity contribution is 6.00. The molecular weight excluding hydrogens is 1890 g/mol. The molecule has 0 spiro atoms. The maximum Gasteiger partial charge on any atom is 0.163 e. The van der Waals surface area contributed by atoms with E-state index in [0.717, 1.165) is 105 Å². The predicted octanol–water partition coefficient (Wildman–Crippen LogP) is 32.1. The van der Waals surface area contributed by atoms with E-state index in [0.29, 0.717) is 141 Å². The lowest BCUT2D eigenvalue weighted by atomic mass is 9.89. The van der Waals surface area contributed by atoms with Gasteiger partial charge in [0, 0.05) is 148 Å². The van der Waals surface area contributed by atoms with Gasteiger partial charge in [0.15, 0.2) is 40.5 Å². The van der Waals surface area contributed by atoms with Gasteiger partial charge in [-0.25, -0.2) is 22.0 Å². The van der Waals surface area contributed by atoms with Gasteiger partial charge in [-0.2, -0.15) is 0 Å². The molecule has 814 valence electrons. The average Bonchev–Trinajstić information content (AvgIpc) is 0.949. The normalized spacial score (nSPS) is 10.7. The van der Waals surface area contributed by atoms with Gasteiger partial charge in [0.1, 0.15) is 77.0 Å². The highest BCUT2D eigenvalue weighted by atomic mass is 18.2. The van der Waals surface area contributed by atoms with E-state index in [2.05, 4.69) is 123 Å². The van der Waals surface area contributed by atoms with Crippen molar-refractivity contribution in [3.63, 3.8) is 0 Å². The van der Waals surface area contributed by atoms with Crippen molar-refractivity contribution in [3.05, 3.63) is 365 Å². The van der Waals surface area contributed by atoms with Gasteiger partial charge < -0.3 is 34.5 Å². The Morgan fingerprint density at radius 2 is 0.560 bits per heavy atom. The maximum absolute atomic E-state index is 12.6. The molecule has 9 rings (SSSR count). The van der Waals surface area contributed by atoms with E-state index in [1.165, 1.54) is 123 Å². The highest BCUT2D eigenvalue weighted by Gasteiger charge is 2.17. The van der Waals surface area contributed by atoms with E-state index in [1.807, 2.05) is 99.7 Å². The monoisotopic (exact) mass is 2060 g/mol. The molecule has 0 bridgehead atoms. The van der Waals surface area contributed by atoms with Crippen molar-refractivity contribution in [1.82, 2.24) is 10.6 Å². The molecular formula is C129H169F5N2O14. The van der Waals surface area contributed by atoms with E-state index >= 15 is 0 Å². The van der Waals surface area contributed by atoms with Gasteiger partial charge >= 0.3 is 0 Å². The zero-order chi connectivity index (χ0) is 113. The minimum Gasteiger partial charge on any atom is -0.491 e. The van der Waals surface area contributed by atoms with Gasteiger partial charge in [-0.15, -0.1) is 19.7 Å². The molecule has 0 saturated carbocycles. The number of allylic oxidation sites excluding steroid dienone is 3. The Morgan fingerprint density at radius 1 is 0.307 bits per heavy atom. The quantitative estimate of drug-likeness (QED) is 0.0155. The van der Waals surface area contributed by atoms with Gasteiger partial charge in [-0.3, -0.25) is 43.2 Å². The number of carbonyl (C=O) groups is 13. The minimum atomic E-state index is -0.514. The van der Waals surface area contributed by atoms with Gasteiger partial charge in [0.25, 0.3) is 0 Å². The number of hydrogen-bond donors (Lipinski definition) is 2. The molecule has 0 aromatic heterocycles. The van der Waals surface area contributed by atoms with Crippen LogP contribution in [0, 0.1) is 62.3 Å². The summed E-state index contributed by atoms with van der Waals surface area (Å²) >= 11 is 0. The van der Waals surface area contributed by atoms with Crippen LogP contribution in [-0.2, 0) is 28.8 Å². The Bertz CT molecular complexity index is 5150. The van der Waals surface area contributed by atoms with Crippen molar-refractivity contribution in [2.24, 2.45) is 11.3 Å². The standard InChI is InChI=1S/C15H20O.C14H17FO.C13H15FO2.C13H16O2.C12H13FO2.C12H14O2.C11H11FO2.2C11H23NO.C9H10.C8H7F/c1-3-4-5-6-7-8-15(16)14-11-9-13(2)10-12-14;1-2-3-4-5-6-7-14(16)12-8-10-13(15)11-9-12;1-2-3-4-13(15)11-5-7-12(8-6-11)16-10-9-14;1-10-6-8-12(9-7-10)13(15)5-3-4-11(2)14;1-9(14)3-2-4-12(15)10-5-7-11(13)8-6-10;1-9-3-6-11(7-4-9)12(14)8-5-10(2)13;1-8(13)2-7-11(14)9-3-5-10(12)6-4-9;1-9(8-11(3,4)5)12-7-6-10(2)13;1-5-9(2)8-10(3)12-7-6-11(4)13;1-3-9-6-4-8(2)5-7-9;1-2-7-3-5-8(9)6-4-7/h3,9-12H,1,4-8H2,2H3;2,8-11H,1,3-7H2;2,5-8H,1,3-4,9-10H2;6-9H,3-5H2,1-2H3;5-8H,2-4H2,1H3;3-4,6-7H,5,8H2,1-2H3;3-6H,2,7H2,1H3;9,12H,6-8H2,1-5H3;9-10,12H,5-8H2,1-4H3;3-7H,1H2,2H3;2-6H,1H2/i;15-1;14-1;;13-1;;12-1;;;;9-1. The van der Waals surface area contributed by atoms with E-state index in [-0.39, 0.29) is 118 Å². The van der Waals surface area contributed by atoms with Crippen LogP contribution >= 0.6 is 0 Å². The van der Waals surface area contributed by atoms with E-state index < -0.39 is 6.67 Å². The van der Waals surface area contributed by atoms with Crippen LogP contribution in [0.15, 0.2) is 270 Å². The van der Waals surface area contributed by atoms with Crippen molar-refractivity contribution < 1.29 is 89.0 Å². The number of benzene rings is 9. The van der Waals surface area contributed by atoms with Crippen LogP contribution in [0.25, 0.3) is 12.2 Å². The summed E-state index contributed by atoms with van der Waals surface area (Å²) in [6, 6.07) is 61.5. The van der Waals surface area contributed by atoms with E-state index in [4.69, 9.17) is 4.74 Å².